The molecule has 0 bridgehead atoms. The maximum atomic E-state index is 4.41. The van der Waals surface area contributed by atoms with Gasteiger partial charge in [-0.15, -0.1) is 11.3 Å². The van der Waals surface area contributed by atoms with Gasteiger partial charge in [0.15, 0.2) is 0 Å². The van der Waals surface area contributed by atoms with Gasteiger partial charge >= 0.3 is 0 Å². The van der Waals surface area contributed by atoms with Gasteiger partial charge in [0.05, 0.1) is 16.4 Å². The smallest absolute Gasteiger partial charge is 0.0897 e. The molecule has 1 atom stereocenters. The first kappa shape index (κ1) is 11.2. The van der Waals surface area contributed by atoms with Gasteiger partial charge in [-0.25, -0.2) is 4.98 Å². The SMILES string of the molecule is Cc1nc(CNC(C)c2ccccn2)cs1. The summed E-state index contributed by atoms with van der Waals surface area (Å²) in [5.41, 5.74) is 2.17. The summed E-state index contributed by atoms with van der Waals surface area (Å²) in [6.07, 6.45) is 1.82. The Balaban J connectivity index is 1.91. The van der Waals surface area contributed by atoms with E-state index in [0.717, 1.165) is 22.9 Å². The van der Waals surface area contributed by atoms with E-state index in [1.807, 2.05) is 31.3 Å². The van der Waals surface area contributed by atoms with Crippen LogP contribution in [0.2, 0.25) is 0 Å². The predicted octanol–water partition coefficient (Wildman–Crippen LogP) is 2.70. The normalized spacial score (nSPS) is 12.6. The summed E-state index contributed by atoms with van der Waals surface area (Å²) in [5.74, 6) is 0. The second-order valence-electron chi connectivity index (χ2n) is 3.72. The van der Waals surface area contributed by atoms with Crippen molar-refractivity contribution in [2.45, 2.75) is 26.4 Å². The minimum atomic E-state index is 0.253. The van der Waals surface area contributed by atoms with Crippen molar-refractivity contribution in [3.63, 3.8) is 0 Å². The summed E-state index contributed by atoms with van der Waals surface area (Å²) in [6, 6.07) is 6.22. The predicted molar refractivity (Wildman–Crippen MR) is 66.3 cm³/mol. The molecule has 2 aromatic rings. The highest BCUT2D eigenvalue weighted by Crippen LogP contribution is 2.11. The molecule has 0 spiro atoms. The lowest BCUT2D eigenvalue weighted by Crippen LogP contribution is -2.19. The van der Waals surface area contributed by atoms with Crippen LogP contribution in [0.4, 0.5) is 0 Å². The van der Waals surface area contributed by atoms with Crippen LogP contribution in [-0.2, 0) is 6.54 Å². The van der Waals surface area contributed by atoms with Crippen LogP contribution < -0.4 is 5.32 Å². The third kappa shape index (κ3) is 2.87. The molecule has 0 fully saturated rings. The molecule has 0 amide bonds. The molecule has 2 rings (SSSR count). The van der Waals surface area contributed by atoms with Gasteiger partial charge in [0.1, 0.15) is 0 Å². The average Bonchev–Trinajstić information content (AvgIpc) is 2.73. The monoisotopic (exact) mass is 233 g/mol. The first-order valence-electron chi connectivity index (χ1n) is 5.31. The van der Waals surface area contributed by atoms with Crippen LogP contribution in [0.25, 0.3) is 0 Å². The highest BCUT2D eigenvalue weighted by molar-refractivity contribution is 7.09. The number of nitrogens with one attached hydrogen (secondary N) is 1. The molecular weight excluding hydrogens is 218 g/mol. The summed E-state index contributed by atoms with van der Waals surface area (Å²) in [4.78, 5) is 8.73. The summed E-state index contributed by atoms with van der Waals surface area (Å²) in [5, 5.41) is 6.61. The number of thiazole rings is 1. The second kappa shape index (κ2) is 5.18. The van der Waals surface area contributed by atoms with E-state index in [9.17, 15) is 0 Å². The molecule has 0 aliphatic carbocycles. The van der Waals surface area contributed by atoms with Gasteiger partial charge in [-0.05, 0) is 26.0 Å². The molecule has 2 aromatic heterocycles. The van der Waals surface area contributed by atoms with Crippen molar-refractivity contribution in [1.82, 2.24) is 15.3 Å². The van der Waals surface area contributed by atoms with E-state index >= 15 is 0 Å². The molecule has 84 valence electrons. The number of hydrogen-bond donors (Lipinski definition) is 1. The highest BCUT2D eigenvalue weighted by Gasteiger charge is 2.06. The Labute approximate surface area is 99.6 Å². The van der Waals surface area contributed by atoms with Crippen molar-refractivity contribution in [2.75, 3.05) is 0 Å². The Morgan fingerprint density at radius 1 is 1.44 bits per heavy atom. The Kier molecular flexibility index (Phi) is 3.64. The molecule has 0 radical (unpaired) electrons. The van der Waals surface area contributed by atoms with Crippen molar-refractivity contribution in [3.05, 3.63) is 46.2 Å². The number of pyridine rings is 1. The first-order chi connectivity index (χ1) is 7.75. The summed E-state index contributed by atoms with van der Waals surface area (Å²) in [7, 11) is 0. The minimum absolute atomic E-state index is 0.253. The zero-order valence-electron chi connectivity index (χ0n) is 9.47. The largest absolute Gasteiger partial charge is 0.303 e. The van der Waals surface area contributed by atoms with Crippen LogP contribution in [0.1, 0.15) is 29.4 Å². The standard InChI is InChI=1S/C12H15N3S/c1-9(12-5-3-4-6-13-12)14-7-11-8-16-10(2)15-11/h3-6,8-9,14H,7H2,1-2H3. The molecule has 0 saturated carbocycles. The lowest BCUT2D eigenvalue weighted by atomic mass is 10.2. The first-order valence-corrected chi connectivity index (χ1v) is 6.19. The molecule has 0 aliphatic rings. The van der Waals surface area contributed by atoms with E-state index in [0.29, 0.717) is 0 Å². The molecule has 0 aromatic carbocycles. The fourth-order valence-corrected chi connectivity index (χ4v) is 2.10. The van der Waals surface area contributed by atoms with Crippen molar-refractivity contribution >= 4 is 11.3 Å². The lowest BCUT2D eigenvalue weighted by molar-refractivity contribution is 0.556. The fourth-order valence-electron chi connectivity index (χ4n) is 1.48. The summed E-state index contributed by atoms with van der Waals surface area (Å²) < 4.78 is 0. The maximum Gasteiger partial charge on any atom is 0.0897 e. The van der Waals surface area contributed by atoms with Crippen LogP contribution in [0.15, 0.2) is 29.8 Å². The maximum absolute atomic E-state index is 4.41. The van der Waals surface area contributed by atoms with Crippen molar-refractivity contribution in [3.8, 4) is 0 Å². The highest BCUT2D eigenvalue weighted by atomic mass is 32.1. The van der Waals surface area contributed by atoms with Gasteiger partial charge in [0.25, 0.3) is 0 Å². The van der Waals surface area contributed by atoms with Crippen LogP contribution in [-0.4, -0.2) is 9.97 Å². The Morgan fingerprint density at radius 3 is 2.94 bits per heavy atom. The van der Waals surface area contributed by atoms with Crippen LogP contribution in [0, 0.1) is 6.92 Å². The van der Waals surface area contributed by atoms with Crippen molar-refractivity contribution in [2.24, 2.45) is 0 Å². The van der Waals surface area contributed by atoms with E-state index in [2.05, 4.69) is 27.6 Å². The molecular formula is C12H15N3S. The number of hydrogen-bond acceptors (Lipinski definition) is 4. The number of aromatic nitrogens is 2. The van der Waals surface area contributed by atoms with Gasteiger partial charge < -0.3 is 5.32 Å². The zero-order chi connectivity index (χ0) is 11.4. The van der Waals surface area contributed by atoms with Crippen LogP contribution in [0.3, 0.4) is 0 Å². The molecule has 3 nitrogen and oxygen atoms in total. The van der Waals surface area contributed by atoms with Gasteiger partial charge in [-0.3, -0.25) is 4.98 Å². The molecule has 2 heterocycles. The molecule has 0 saturated heterocycles. The van der Waals surface area contributed by atoms with E-state index < -0.39 is 0 Å². The summed E-state index contributed by atoms with van der Waals surface area (Å²) in [6.45, 7) is 4.93. The van der Waals surface area contributed by atoms with Gasteiger partial charge in [-0.1, -0.05) is 6.07 Å². The van der Waals surface area contributed by atoms with Gasteiger partial charge in [0.2, 0.25) is 0 Å². The van der Waals surface area contributed by atoms with E-state index in [1.165, 1.54) is 0 Å². The molecule has 1 unspecified atom stereocenters. The number of rotatable bonds is 4. The fraction of sp³-hybridized carbons (Fsp3) is 0.333. The minimum Gasteiger partial charge on any atom is -0.303 e. The number of nitrogens with zero attached hydrogens (tertiary/aromatic N) is 2. The topological polar surface area (TPSA) is 37.8 Å². The third-order valence-electron chi connectivity index (χ3n) is 2.39. The van der Waals surface area contributed by atoms with Gasteiger partial charge in [0, 0.05) is 24.2 Å². The third-order valence-corrected chi connectivity index (χ3v) is 3.21. The molecule has 4 heteroatoms. The van der Waals surface area contributed by atoms with E-state index in [1.54, 1.807) is 11.3 Å². The second-order valence-corrected chi connectivity index (χ2v) is 4.78. The van der Waals surface area contributed by atoms with Crippen LogP contribution in [0.5, 0.6) is 0 Å². The molecule has 0 aliphatic heterocycles. The quantitative estimate of drug-likeness (QED) is 0.882. The molecule has 16 heavy (non-hydrogen) atoms. The van der Waals surface area contributed by atoms with Crippen molar-refractivity contribution < 1.29 is 0 Å². The van der Waals surface area contributed by atoms with E-state index in [4.69, 9.17) is 0 Å². The summed E-state index contributed by atoms with van der Waals surface area (Å²) >= 11 is 1.69. The zero-order valence-corrected chi connectivity index (χ0v) is 10.3. The Morgan fingerprint density at radius 2 is 2.31 bits per heavy atom. The van der Waals surface area contributed by atoms with Crippen LogP contribution >= 0.6 is 11.3 Å². The van der Waals surface area contributed by atoms with Crippen molar-refractivity contribution in [1.29, 1.82) is 0 Å². The Bertz CT molecular complexity index is 439. The van der Waals surface area contributed by atoms with Gasteiger partial charge in [-0.2, -0.15) is 0 Å². The number of aryl methyl sites for hydroxylation is 1. The lowest BCUT2D eigenvalue weighted by Gasteiger charge is -2.11. The molecule has 1 N–H and O–H groups in total. The van der Waals surface area contributed by atoms with E-state index in [-0.39, 0.29) is 6.04 Å². The average molecular weight is 233 g/mol. The Hall–Kier alpha value is -1.26.